The van der Waals surface area contributed by atoms with E-state index in [1.807, 2.05) is 0 Å². The second kappa shape index (κ2) is 6.62. The molecule has 22 heavy (non-hydrogen) atoms. The molecule has 3 rings (SSSR count). The van der Waals surface area contributed by atoms with Crippen LogP contribution in [0.15, 0.2) is 39.5 Å². The number of hydrogen-bond acceptors (Lipinski definition) is 5. The van der Waals surface area contributed by atoms with Gasteiger partial charge in [-0.05, 0) is 37.6 Å². The molecular formula is C16H18N2O4. The highest BCUT2D eigenvalue weighted by Crippen LogP contribution is 2.19. The van der Waals surface area contributed by atoms with Gasteiger partial charge in [-0.25, -0.2) is 4.79 Å². The molecule has 1 aromatic heterocycles. The molecule has 2 aromatic rings. The van der Waals surface area contributed by atoms with Crippen molar-refractivity contribution in [3.8, 4) is 5.75 Å². The van der Waals surface area contributed by atoms with Crippen molar-refractivity contribution in [2.24, 2.45) is 0 Å². The van der Waals surface area contributed by atoms with Crippen molar-refractivity contribution < 1.29 is 13.9 Å². The van der Waals surface area contributed by atoms with Crippen molar-refractivity contribution in [3.63, 3.8) is 0 Å². The Morgan fingerprint density at radius 3 is 3.05 bits per heavy atom. The van der Waals surface area contributed by atoms with Crippen LogP contribution < -0.4 is 21.0 Å². The molecule has 1 aliphatic heterocycles. The van der Waals surface area contributed by atoms with Crippen LogP contribution >= 0.6 is 0 Å². The summed E-state index contributed by atoms with van der Waals surface area (Å²) in [5, 5.41) is 6.96. The quantitative estimate of drug-likeness (QED) is 0.807. The fourth-order valence-electron chi connectivity index (χ4n) is 2.50. The maximum Gasteiger partial charge on any atom is 0.336 e. The summed E-state index contributed by atoms with van der Waals surface area (Å²) in [4.78, 5) is 22.9. The summed E-state index contributed by atoms with van der Waals surface area (Å²) in [6.07, 6.45) is 2.24. The van der Waals surface area contributed by atoms with Crippen molar-refractivity contribution in [1.82, 2.24) is 10.6 Å². The lowest BCUT2D eigenvalue weighted by atomic mass is 10.2. The number of rotatable bonds is 5. The van der Waals surface area contributed by atoms with Gasteiger partial charge in [0, 0.05) is 30.1 Å². The first-order valence-corrected chi connectivity index (χ1v) is 7.37. The molecule has 1 fully saturated rings. The van der Waals surface area contributed by atoms with Gasteiger partial charge in [0.05, 0.1) is 0 Å². The Hall–Kier alpha value is -2.34. The molecule has 6 nitrogen and oxygen atoms in total. The molecule has 1 aromatic carbocycles. The summed E-state index contributed by atoms with van der Waals surface area (Å²) in [7, 11) is 0. The number of fused-ring (bicyclic) bond motifs is 1. The van der Waals surface area contributed by atoms with Crippen molar-refractivity contribution >= 4 is 16.9 Å². The van der Waals surface area contributed by atoms with Crippen LogP contribution in [0.2, 0.25) is 0 Å². The SMILES string of the molecule is O=C(COc1ccc2ccc(=O)oc2c1)NCC1CCCN1. The van der Waals surface area contributed by atoms with Gasteiger partial charge in [0.2, 0.25) is 0 Å². The molecule has 1 saturated heterocycles. The highest BCUT2D eigenvalue weighted by molar-refractivity contribution is 5.79. The fraction of sp³-hybridized carbons (Fsp3) is 0.375. The van der Waals surface area contributed by atoms with Gasteiger partial charge in [-0.3, -0.25) is 4.79 Å². The molecule has 1 unspecified atom stereocenters. The van der Waals surface area contributed by atoms with Crippen molar-refractivity contribution in [1.29, 1.82) is 0 Å². The number of benzene rings is 1. The van der Waals surface area contributed by atoms with Gasteiger partial charge in [0.1, 0.15) is 11.3 Å². The zero-order valence-electron chi connectivity index (χ0n) is 12.1. The van der Waals surface area contributed by atoms with Crippen LogP contribution in [0.4, 0.5) is 0 Å². The minimum atomic E-state index is -0.411. The molecule has 1 aliphatic rings. The lowest BCUT2D eigenvalue weighted by Gasteiger charge is -2.12. The minimum Gasteiger partial charge on any atom is -0.484 e. The van der Waals surface area contributed by atoms with E-state index in [1.54, 1.807) is 24.3 Å². The third-order valence-corrected chi connectivity index (χ3v) is 3.67. The second-order valence-electron chi connectivity index (χ2n) is 5.34. The molecule has 0 saturated carbocycles. The van der Waals surface area contributed by atoms with E-state index in [-0.39, 0.29) is 12.5 Å². The van der Waals surface area contributed by atoms with E-state index < -0.39 is 5.63 Å². The predicted octanol–water partition coefficient (Wildman–Crippen LogP) is 1.04. The van der Waals surface area contributed by atoms with Gasteiger partial charge in [-0.1, -0.05) is 0 Å². The summed E-state index contributed by atoms with van der Waals surface area (Å²) >= 11 is 0. The van der Waals surface area contributed by atoms with Crippen LogP contribution in [0.1, 0.15) is 12.8 Å². The van der Waals surface area contributed by atoms with Crippen molar-refractivity contribution in [2.75, 3.05) is 19.7 Å². The van der Waals surface area contributed by atoms with E-state index >= 15 is 0 Å². The lowest BCUT2D eigenvalue weighted by molar-refractivity contribution is -0.123. The molecule has 1 atom stereocenters. The van der Waals surface area contributed by atoms with Gasteiger partial charge in [-0.2, -0.15) is 0 Å². The predicted molar refractivity (Wildman–Crippen MR) is 82.0 cm³/mol. The molecule has 1 amide bonds. The summed E-state index contributed by atoms with van der Waals surface area (Å²) < 4.78 is 10.5. The number of carbonyl (C=O) groups excluding carboxylic acids is 1. The first-order valence-electron chi connectivity index (χ1n) is 7.37. The van der Waals surface area contributed by atoms with Crippen LogP contribution in [0.5, 0.6) is 5.75 Å². The molecular weight excluding hydrogens is 284 g/mol. The Morgan fingerprint density at radius 2 is 2.23 bits per heavy atom. The van der Waals surface area contributed by atoms with Gasteiger partial charge in [0.25, 0.3) is 5.91 Å². The maximum absolute atomic E-state index is 11.8. The number of amides is 1. The number of hydrogen-bond donors (Lipinski definition) is 2. The molecule has 0 aliphatic carbocycles. The smallest absolute Gasteiger partial charge is 0.336 e. The average Bonchev–Trinajstić information content (AvgIpc) is 3.04. The zero-order chi connectivity index (χ0) is 15.4. The molecule has 2 N–H and O–H groups in total. The van der Waals surface area contributed by atoms with E-state index in [4.69, 9.17) is 9.15 Å². The Kier molecular flexibility index (Phi) is 4.39. The Bertz CT molecular complexity index is 719. The van der Waals surface area contributed by atoms with Crippen molar-refractivity contribution in [2.45, 2.75) is 18.9 Å². The maximum atomic E-state index is 11.8. The first-order chi connectivity index (χ1) is 10.7. The normalized spacial score (nSPS) is 17.5. The Morgan fingerprint density at radius 1 is 1.36 bits per heavy atom. The van der Waals surface area contributed by atoms with Crippen LogP contribution in [0, 0.1) is 0 Å². The van der Waals surface area contributed by atoms with Crippen LogP contribution in [-0.4, -0.2) is 31.6 Å². The second-order valence-corrected chi connectivity index (χ2v) is 5.34. The van der Waals surface area contributed by atoms with Crippen LogP contribution in [-0.2, 0) is 4.79 Å². The van der Waals surface area contributed by atoms with Gasteiger partial charge >= 0.3 is 5.63 Å². The van der Waals surface area contributed by atoms with E-state index in [1.165, 1.54) is 6.07 Å². The number of carbonyl (C=O) groups is 1. The molecule has 0 radical (unpaired) electrons. The first kappa shape index (κ1) is 14.6. The molecule has 2 heterocycles. The average molecular weight is 302 g/mol. The van der Waals surface area contributed by atoms with Crippen LogP contribution in [0.3, 0.4) is 0 Å². The molecule has 0 spiro atoms. The summed E-state index contributed by atoms with van der Waals surface area (Å²) in [6.45, 7) is 1.57. The number of nitrogens with one attached hydrogen (secondary N) is 2. The van der Waals surface area contributed by atoms with Gasteiger partial charge in [-0.15, -0.1) is 0 Å². The monoisotopic (exact) mass is 302 g/mol. The summed E-state index contributed by atoms with van der Waals surface area (Å²) in [6, 6.07) is 8.56. The van der Waals surface area contributed by atoms with Crippen molar-refractivity contribution in [3.05, 3.63) is 40.8 Å². The standard InChI is InChI=1S/C16H18N2O4/c19-15(18-9-12-2-1-7-17-12)10-21-13-5-3-11-4-6-16(20)22-14(11)8-13/h3-6,8,12,17H,1-2,7,9-10H2,(H,18,19). The van der Waals surface area contributed by atoms with E-state index in [9.17, 15) is 9.59 Å². The third kappa shape index (κ3) is 3.65. The van der Waals surface area contributed by atoms with E-state index in [2.05, 4.69) is 10.6 Å². The fourth-order valence-corrected chi connectivity index (χ4v) is 2.50. The molecule has 116 valence electrons. The Balaban J connectivity index is 1.54. The van der Waals surface area contributed by atoms with Crippen LogP contribution in [0.25, 0.3) is 11.0 Å². The Labute approximate surface area is 127 Å². The lowest BCUT2D eigenvalue weighted by Crippen LogP contribution is -2.39. The largest absolute Gasteiger partial charge is 0.484 e. The zero-order valence-corrected chi connectivity index (χ0v) is 12.1. The minimum absolute atomic E-state index is 0.0602. The molecule has 6 heteroatoms. The topological polar surface area (TPSA) is 80.6 Å². The van der Waals surface area contributed by atoms with E-state index in [0.717, 1.165) is 24.8 Å². The summed E-state index contributed by atoms with van der Waals surface area (Å²) in [5.74, 6) is 0.333. The van der Waals surface area contributed by atoms with Gasteiger partial charge in [0.15, 0.2) is 6.61 Å². The van der Waals surface area contributed by atoms with Gasteiger partial charge < -0.3 is 19.8 Å². The molecule has 0 bridgehead atoms. The third-order valence-electron chi connectivity index (χ3n) is 3.67. The highest BCUT2D eigenvalue weighted by Gasteiger charge is 2.14. The number of ether oxygens (including phenoxy) is 1. The highest BCUT2D eigenvalue weighted by atomic mass is 16.5. The van der Waals surface area contributed by atoms with E-state index in [0.29, 0.717) is 23.9 Å². The summed E-state index contributed by atoms with van der Waals surface area (Å²) in [5.41, 5.74) is 0.0343.